The summed E-state index contributed by atoms with van der Waals surface area (Å²) in [5, 5.41) is 36.9. The minimum absolute atomic E-state index is 0.275. The molecule has 0 saturated heterocycles. The van der Waals surface area contributed by atoms with Crippen molar-refractivity contribution in [3.05, 3.63) is 112 Å². The van der Waals surface area contributed by atoms with Gasteiger partial charge in [-0.3, -0.25) is 4.98 Å². The van der Waals surface area contributed by atoms with Crippen molar-refractivity contribution < 1.29 is 13.9 Å². The molecule has 0 aliphatic carbocycles. The highest BCUT2D eigenvalue weighted by Crippen LogP contribution is 2.39. The van der Waals surface area contributed by atoms with E-state index in [0.29, 0.717) is 44.3 Å². The lowest BCUT2D eigenvalue weighted by atomic mass is 10.00. The summed E-state index contributed by atoms with van der Waals surface area (Å²) < 4.78 is 28.5. The molecule has 0 fully saturated rings. The Morgan fingerprint density at radius 2 is 1.77 bits per heavy atom. The Bertz CT molecular complexity index is 1770. The van der Waals surface area contributed by atoms with Gasteiger partial charge in [-0.25, -0.2) is 5.01 Å². The number of aliphatic hydroxyl groups excluding tert-OH is 1. The van der Waals surface area contributed by atoms with E-state index in [-0.39, 0.29) is 28.7 Å². The summed E-state index contributed by atoms with van der Waals surface area (Å²) in [7, 11) is 0. The number of hydrazine groups is 2. The van der Waals surface area contributed by atoms with Crippen LogP contribution in [0.25, 0.3) is 10.9 Å². The van der Waals surface area contributed by atoms with Crippen molar-refractivity contribution in [2.45, 2.75) is 31.0 Å². The lowest BCUT2D eigenvalue weighted by Gasteiger charge is -2.24. The van der Waals surface area contributed by atoms with Gasteiger partial charge in [-0.1, -0.05) is 71.7 Å². The van der Waals surface area contributed by atoms with E-state index in [1.165, 1.54) is 6.20 Å². The molecule has 9 nitrogen and oxygen atoms in total. The number of alkyl halides is 2. The molecule has 2 heterocycles. The molecular weight excluding hydrogens is 609 g/mol. The highest BCUT2D eigenvalue weighted by molar-refractivity contribution is 6.36. The second-order valence-corrected chi connectivity index (χ2v) is 10.7. The van der Waals surface area contributed by atoms with Gasteiger partial charge >= 0.3 is 6.05 Å². The number of nitrogens with zero attached hydrogens (tertiary/aromatic N) is 4. The average molecular weight is 636 g/mol. The van der Waals surface area contributed by atoms with Crippen LogP contribution in [0.15, 0.2) is 84.8 Å². The number of rotatable bonds is 11. The Kier molecular flexibility index (Phi) is 9.33. The van der Waals surface area contributed by atoms with Crippen LogP contribution in [0, 0.1) is 22.7 Å². The van der Waals surface area contributed by atoms with Crippen molar-refractivity contribution in [2.75, 3.05) is 17.2 Å². The Morgan fingerprint density at radius 1 is 1.02 bits per heavy atom. The Hall–Kier alpha value is -4.65. The summed E-state index contributed by atoms with van der Waals surface area (Å²) in [5.41, 5.74) is 8.57. The van der Waals surface area contributed by atoms with E-state index < -0.39 is 18.7 Å². The van der Waals surface area contributed by atoms with Gasteiger partial charge in [0.2, 0.25) is 0 Å². The van der Waals surface area contributed by atoms with Crippen LogP contribution in [0.4, 0.5) is 20.2 Å². The standard InChI is InChI=1S/C31H26Cl2F2N8O/c32-24-10-5-4-9-22(24)30(27-17-43(42-41-27)31(34,35)18-44)39-21-13-23-28(20(15-37)16-38-29(23)25(33)14-21)40-26(11-6-12-36)19-7-2-1-3-8-19/h1-5,7-10,13-14,16-17,26,30,39,41-42,44H,6,11,18H2,(H,38,40)/t26-,30+/m1/s1. The van der Waals surface area contributed by atoms with Crippen LogP contribution in [0.3, 0.4) is 0 Å². The fraction of sp³-hybridized carbons (Fsp3) is 0.194. The minimum Gasteiger partial charge on any atom is -0.388 e. The van der Waals surface area contributed by atoms with Gasteiger partial charge in [0.15, 0.2) is 0 Å². The summed E-state index contributed by atoms with van der Waals surface area (Å²) in [6, 6.07) is 19.7. The molecule has 0 amide bonds. The number of hydrogen-bond acceptors (Lipinski definition) is 9. The fourth-order valence-corrected chi connectivity index (χ4v) is 5.41. The first-order chi connectivity index (χ1) is 21.2. The smallest absolute Gasteiger partial charge is 0.362 e. The van der Waals surface area contributed by atoms with Crippen LogP contribution < -0.4 is 21.6 Å². The number of pyridine rings is 1. The molecule has 224 valence electrons. The monoisotopic (exact) mass is 634 g/mol. The highest BCUT2D eigenvalue weighted by atomic mass is 35.5. The number of halogens is 4. The number of aliphatic hydroxyl groups is 1. The maximum atomic E-state index is 14.3. The maximum Gasteiger partial charge on any atom is 0.362 e. The zero-order valence-corrected chi connectivity index (χ0v) is 24.5. The van der Waals surface area contributed by atoms with Crippen molar-refractivity contribution in [3.63, 3.8) is 0 Å². The summed E-state index contributed by atoms with van der Waals surface area (Å²) in [6.45, 7) is -1.40. The molecule has 4 aromatic rings. The molecule has 3 aromatic carbocycles. The van der Waals surface area contributed by atoms with Crippen molar-refractivity contribution in [1.82, 2.24) is 21.0 Å². The molecule has 0 saturated carbocycles. The van der Waals surface area contributed by atoms with Gasteiger partial charge in [0, 0.05) is 34.9 Å². The zero-order valence-electron chi connectivity index (χ0n) is 23.0. The van der Waals surface area contributed by atoms with Gasteiger partial charge in [0.05, 0.1) is 45.6 Å². The molecule has 0 radical (unpaired) electrons. The van der Waals surface area contributed by atoms with E-state index in [4.69, 9.17) is 28.3 Å². The summed E-state index contributed by atoms with van der Waals surface area (Å²) in [6.07, 6.45) is 3.35. The van der Waals surface area contributed by atoms with E-state index >= 15 is 0 Å². The quantitative estimate of drug-likeness (QED) is 0.113. The van der Waals surface area contributed by atoms with E-state index in [2.05, 4.69) is 38.7 Å². The fourth-order valence-electron chi connectivity index (χ4n) is 4.90. The number of benzene rings is 3. The molecular formula is C31H26Cl2F2N8O. The van der Waals surface area contributed by atoms with Gasteiger partial charge in [-0.2, -0.15) is 19.3 Å². The number of nitrogens with one attached hydrogen (secondary N) is 4. The second-order valence-electron chi connectivity index (χ2n) is 9.93. The summed E-state index contributed by atoms with van der Waals surface area (Å²) in [4.78, 5) is 4.43. The number of anilines is 2. The first-order valence-corrected chi connectivity index (χ1v) is 14.2. The molecule has 0 bridgehead atoms. The second kappa shape index (κ2) is 13.3. The summed E-state index contributed by atoms with van der Waals surface area (Å²) in [5.74, 6) is 0. The van der Waals surface area contributed by atoms with Crippen LogP contribution in [-0.4, -0.2) is 27.8 Å². The van der Waals surface area contributed by atoms with Crippen molar-refractivity contribution >= 4 is 45.5 Å². The normalized spacial score (nSPS) is 14.2. The molecule has 44 heavy (non-hydrogen) atoms. The first kappa shape index (κ1) is 30.8. The van der Waals surface area contributed by atoms with Gasteiger partial charge in [0.1, 0.15) is 12.7 Å². The average Bonchev–Trinajstić information content (AvgIpc) is 3.54. The zero-order chi connectivity index (χ0) is 31.3. The van der Waals surface area contributed by atoms with Crippen LogP contribution in [-0.2, 0) is 0 Å². The number of fused-ring (bicyclic) bond motifs is 1. The third kappa shape index (κ3) is 6.47. The lowest BCUT2D eigenvalue weighted by molar-refractivity contribution is -0.171. The van der Waals surface area contributed by atoms with Gasteiger partial charge in [0.25, 0.3) is 0 Å². The van der Waals surface area contributed by atoms with Gasteiger partial charge in [-0.15, -0.1) is 5.53 Å². The van der Waals surface area contributed by atoms with E-state index in [1.54, 1.807) is 36.4 Å². The largest absolute Gasteiger partial charge is 0.388 e. The van der Waals surface area contributed by atoms with Crippen molar-refractivity contribution in [3.8, 4) is 12.1 Å². The molecule has 1 aliphatic heterocycles. The van der Waals surface area contributed by atoms with Crippen molar-refractivity contribution in [2.24, 2.45) is 0 Å². The van der Waals surface area contributed by atoms with Gasteiger partial charge in [-0.05, 0) is 35.7 Å². The van der Waals surface area contributed by atoms with Crippen molar-refractivity contribution in [1.29, 1.82) is 10.5 Å². The molecule has 5 N–H and O–H groups in total. The predicted molar refractivity (Wildman–Crippen MR) is 165 cm³/mol. The lowest BCUT2D eigenvalue weighted by Crippen LogP contribution is -2.49. The Labute approximate surface area is 262 Å². The number of hydrogen-bond donors (Lipinski definition) is 5. The minimum atomic E-state index is -3.58. The third-order valence-corrected chi connectivity index (χ3v) is 7.71. The Morgan fingerprint density at radius 3 is 2.48 bits per heavy atom. The SMILES string of the molecule is N#CCC[C@@H](Nc1c(C#N)cnc2c(Cl)cc(N[C@H](C3=CN(C(F)(F)CO)NN3)c3ccccc3Cl)cc12)c1ccccc1. The third-order valence-electron chi connectivity index (χ3n) is 7.08. The van der Waals surface area contributed by atoms with E-state index in [1.807, 2.05) is 30.3 Å². The molecule has 13 heteroatoms. The van der Waals surface area contributed by atoms with Crippen LogP contribution in [0.2, 0.25) is 10.0 Å². The molecule has 2 atom stereocenters. The molecule has 1 aromatic heterocycles. The van der Waals surface area contributed by atoms with E-state index in [9.17, 15) is 19.3 Å². The number of nitriles is 2. The molecule has 5 rings (SSSR count). The van der Waals surface area contributed by atoms with Crippen LogP contribution in [0.1, 0.15) is 41.6 Å². The van der Waals surface area contributed by atoms with E-state index in [0.717, 1.165) is 11.8 Å². The molecule has 0 unspecified atom stereocenters. The highest BCUT2D eigenvalue weighted by Gasteiger charge is 2.39. The van der Waals surface area contributed by atoms with Crippen LogP contribution in [0.5, 0.6) is 0 Å². The van der Waals surface area contributed by atoms with Crippen LogP contribution >= 0.6 is 23.2 Å². The van der Waals surface area contributed by atoms with Gasteiger partial charge < -0.3 is 21.2 Å². The number of aromatic nitrogens is 1. The first-order valence-electron chi connectivity index (χ1n) is 13.5. The topological polar surface area (TPSA) is 132 Å². The molecule has 1 aliphatic rings. The Balaban J connectivity index is 1.60. The predicted octanol–water partition coefficient (Wildman–Crippen LogP) is 6.77. The summed E-state index contributed by atoms with van der Waals surface area (Å²) >= 11 is 13.3. The maximum absolute atomic E-state index is 14.3. The molecule has 0 spiro atoms.